The SMILES string of the molecule is CC(C)CCC(=O)N(C)CCC(C)Br. The molecule has 0 saturated carbocycles. The molecular formula is C11H22BrNO. The zero-order valence-corrected chi connectivity index (χ0v) is 11.3. The van der Waals surface area contributed by atoms with Crippen molar-refractivity contribution in [3.05, 3.63) is 0 Å². The molecule has 0 saturated heterocycles. The monoisotopic (exact) mass is 263 g/mol. The van der Waals surface area contributed by atoms with E-state index in [9.17, 15) is 4.79 Å². The van der Waals surface area contributed by atoms with Gasteiger partial charge in [-0.25, -0.2) is 0 Å². The molecule has 84 valence electrons. The maximum Gasteiger partial charge on any atom is 0.222 e. The summed E-state index contributed by atoms with van der Waals surface area (Å²) in [6, 6.07) is 0. The molecule has 0 radical (unpaired) electrons. The minimum Gasteiger partial charge on any atom is -0.346 e. The Kier molecular flexibility index (Phi) is 7.24. The highest BCUT2D eigenvalue weighted by atomic mass is 79.9. The fraction of sp³-hybridized carbons (Fsp3) is 0.909. The maximum atomic E-state index is 11.6. The van der Waals surface area contributed by atoms with Gasteiger partial charge in [-0.2, -0.15) is 0 Å². The van der Waals surface area contributed by atoms with Crippen molar-refractivity contribution in [1.82, 2.24) is 4.90 Å². The first-order valence-electron chi connectivity index (χ1n) is 5.31. The summed E-state index contributed by atoms with van der Waals surface area (Å²) in [5, 5.41) is 0. The smallest absolute Gasteiger partial charge is 0.222 e. The molecule has 2 nitrogen and oxygen atoms in total. The second-order valence-corrected chi connectivity index (χ2v) is 5.88. The van der Waals surface area contributed by atoms with Crippen molar-refractivity contribution in [2.45, 2.75) is 44.9 Å². The number of alkyl halides is 1. The Bertz CT molecular complexity index is 169. The summed E-state index contributed by atoms with van der Waals surface area (Å²) in [5.41, 5.74) is 0. The van der Waals surface area contributed by atoms with Gasteiger partial charge in [-0.1, -0.05) is 36.7 Å². The zero-order valence-electron chi connectivity index (χ0n) is 9.72. The third-order valence-electron chi connectivity index (χ3n) is 2.22. The van der Waals surface area contributed by atoms with Crippen LogP contribution >= 0.6 is 15.9 Å². The fourth-order valence-corrected chi connectivity index (χ4v) is 1.30. The number of rotatable bonds is 6. The topological polar surface area (TPSA) is 20.3 Å². The fourth-order valence-electron chi connectivity index (χ4n) is 1.10. The van der Waals surface area contributed by atoms with Gasteiger partial charge in [-0.3, -0.25) is 4.79 Å². The van der Waals surface area contributed by atoms with Crippen LogP contribution in [0.4, 0.5) is 0 Å². The van der Waals surface area contributed by atoms with Crippen LogP contribution in [-0.2, 0) is 4.79 Å². The van der Waals surface area contributed by atoms with Crippen LogP contribution in [0, 0.1) is 5.92 Å². The lowest BCUT2D eigenvalue weighted by atomic mass is 10.1. The average molecular weight is 264 g/mol. The van der Waals surface area contributed by atoms with Crippen molar-refractivity contribution in [2.75, 3.05) is 13.6 Å². The first-order valence-corrected chi connectivity index (χ1v) is 6.23. The van der Waals surface area contributed by atoms with Crippen LogP contribution in [0.25, 0.3) is 0 Å². The van der Waals surface area contributed by atoms with Crippen molar-refractivity contribution in [2.24, 2.45) is 5.92 Å². The van der Waals surface area contributed by atoms with Crippen molar-refractivity contribution >= 4 is 21.8 Å². The Morgan fingerprint density at radius 3 is 2.29 bits per heavy atom. The van der Waals surface area contributed by atoms with Gasteiger partial charge in [0.1, 0.15) is 0 Å². The van der Waals surface area contributed by atoms with E-state index in [-0.39, 0.29) is 5.91 Å². The van der Waals surface area contributed by atoms with E-state index in [1.807, 2.05) is 11.9 Å². The van der Waals surface area contributed by atoms with Crippen LogP contribution in [0.15, 0.2) is 0 Å². The highest BCUT2D eigenvalue weighted by Crippen LogP contribution is 2.08. The molecule has 0 fully saturated rings. The number of carbonyl (C=O) groups excluding carboxylic acids is 1. The minimum atomic E-state index is 0.270. The van der Waals surface area contributed by atoms with E-state index < -0.39 is 0 Å². The van der Waals surface area contributed by atoms with E-state index >= 15 is 0 Å². The van der Waals surface area contributed by atoms with Crippen LogP contribution in [0.5, 0.6) is 0 Å². The largest absolute Gasteiger partial charge is 0.346 e. The molecule has 0 rings (SSSR count). The molecule has 0 heterocycles. The molecule has 0 aromatic rings. The second-order valence-electron chi connectivity index (χ2n) is 4.32. The summed E-state index contributed by atoms with van der Waals surface area (Å²) < 4.78 is 0. The standard InChI is InChI=1S/C11H22BrNO/c1-9(2)5-6-11(14)13(4)8-7-10(3)12/h9-10H,5-8H2,1-4H3. The minimum absolute atomic E-state index is 0.270. The Morgan fingerprint density at radius 2 is 1.86 bits per heavy atom. The highest BCUT2D eigenvalue weighted by Gasteiger charge is 2.09. The molecule has 0 bridgehead atoms. The molecule has 0 aliphatic rings. The average Bonchev–Trinajstić information content (AvgIpc) is 2.09. The van der Waals surface area contributed by atoms with Gasteiger partial charge < -0.3 is 4.90 Å². The predicted molar refractivity (Wildman–Crippen MR) is 64.7 cm³/mol. The molecule has 0 aliphatic heterocycles. The van der Waals surface area contributed by atoms with Gasteiger partial charge in [0.15, 0.2) is 0 Å². The van der Waals surface area contributed by atoms with E-state index in [2.05, 4.69) is 36.7 Å². The molecule has 1 unspecified atom stereocenters. The zero-order chi connectivity index (χ0) is 11.1. The lowest BCUT2D eigenvalue weighted by Crippen LogP contribution is -2.28. The number of hydrogen-bond acceptors (Lipinski definition) is 1. The normalized spacial score (nSPS) is 13.0. The maximum absolute atomic E-state index is 11.6. The summed E-state index contributed by atoms with van der Waals surface area (Å²) >= 11 is 3.48. The van der Waals surface area contributed by atoms with Crippen LogP contribution in [0.1, 0.15) is 40.0 Å². The van der Waals surface area contributed by atoms with Crippen molar-refractivity contribution in [3.63, 3.8) is 0 Å². The molecule has 0 aromatic heterocycles. The summed E-state index contributed by atoms with van der Waals surface area (Å²) in [6.07, 6.45) is 2.70. The Labute approximate surface area is 96.2 Å². The van der Waals surface area contributed by atoms with Gasteiger partial charge >= 0.3 is 0 Å². The van der Waals surface area contributed by atoms with Crippen molar-refractivity contribution in [1.29, 1.82) is 0 Å². The Hall–Kier alpha value is -0.0500. The van der Waals surface area contributed by atoms with Crippen molar-refractivity contribution < 1.29 is 4.79 Å². The number of carbonyl (C=O) groups is 1. The van der Waals surface area contributed by atoms with Gasteiger partial charge in [0.05, 0.1) is 0 Å². The third-order valence-corrected chi connectivity index (χ3v) is 2.68. The van der Waals surface area contributed by atoms with E-state index in [1.54, 1.807) is 0 Å². The highest BCUT2D eigenvalue weighted by molar-refractivity contribution is 9.09. The number of halogens is 1. The van der Waals surface area contributed by atoms with Gasteiger partial charge in [0.2, 0.25) is 5.91 Å². The molecule has 0 aliphatic carbocycles. The molecule has 3 heteroatoms. The van der Waals surface area contributed by atoms with E-state index in [4.69, 9.17) is 0 Å². The summed E-state index contributed by atoms with van der Waals surface area (Å²) in [7, 11) is 1.89. The summed E-state index contributed by atoms with van der Waals surface area (Å²) in [4.78, 5) is 13.9. The molecule has 1 amide bonds. The Balaban J connectivity index is 3.65. The quantitative estimate of drug-likeness (QED) is 0.675. The van der Waals surface area contributed by atoms with Crippen LogP contribution in [0.2, 0.25) is 0 Å². The van der Waals surface area contributed by atoms with Crippen LogP contribution in [-0.4, -0.2) is 29.2 Å². The first kappa shape index (κ1) is 13.9. The molecule has 1 atom stereocenters. The van der Waals surface area contributed by atoms with Crippen LogP contribution < -0.4 is 0 Å². The third kappa shape index (κ3) is 7.36. The lowest BCUT2D eigenvalue weighted by Gasteiger charge is -2.18. The van der Waals surface area contributed by atoms with Gasteiger partial charge in [0.25, 0.3) is 0 Å². The second kappa shape index (κ2) is 7.27. The summed E-state index contributed by atoms with van der Waals surface area (Å²) in [5.74, 6) is 0.884. The van der Waals surface area contributed by atoms with Gasteiger partial charge in [-0.05, 0) is 18.8 Å². The van der Waals surface area contributed by atoms with Crippen LogP contribution in [0.3, 0.4) is 0 Å². The van der Waals surface area contributed by atoms with E-state index in [0.717, 1.165) is 19.4 Å². The number of hydrogen-bond donors (Lipinski definition) is 0. The van der Waals surface area contributed by atoms with E-state index in [0.29, 0.717) is 17.2 Å². The molecule has 0 aromatic carbocycles. The van der Waals surface area contributed by atoms with Gasteiger partial charge in [0, 0.05) is 24.8 Å². The molecule has 0 spiro atoms. The predicted octanol–water partition coefficient (Wildman–Crippen LogP) is 3.05. The number of amides is 1. The molecule has 0 N–H and O–H groups in total. The Morgan fingerprint density at radius 1 is 1.29 bits per heavy atom. The molecule has 14 heavy (non-hydrogen) atoms. The first-order chi connectivity index (χ1) is 6.43. The molecular weight excluding hydrogens is 242 g/mol. The summed E-state index contributed by atoms with van der Waals surface area (Å²) in [6.45, 7) is 7.25. The lowest BCUT2D eigenvalue weighted by molar-refractivity contribution is -0.130. The van der Waals surface area contributed by atoms with Gasteiger partial charge in [-0.15, -0.1) is 0 Å². The van der Waals surface area contributed by atoms with Crippen molar-refractivity contribution in [3.8, 4) is 0 Å². The number of nitrogens with zero attached hydrogens (tertiary/aromatic N) is 1. The van der Waals surface area contributed by atoms with E-state index in [1.165, 1.54) is 0 Å².